The molecule has 92 valence electrons. The highest BCUT2D eigenvalue weighted by Crippen LogP contribution is 2.61. The maximum Gasteiger partial charge on any atom is 0.339 e. The highest BCUT2D eigenvalue weighted by atomic mass is 36.0. The largest absolute Gasteiger partial charge is 0.339 e. The molecular weight excluding hydrogens is 355 g/mol. The number of aryl methyl sites for hydroxylation is 1. The van der Waals surface area contributed by atoms with Gasteiger partial charge in [0.15, 0.2) is 0 Å². The van der Waals surface area contributed by atoms with Gasteiger partial charge in [-0.2, -0.15) is 0 Å². The first kappa shape index (κ1) is 17.1. The lowest BCUT2D eigenvalue weighted by atomic mass is 10.2. The molecule has 0 spiro atoms. The van der Waals surface area contributed by atoms with Gasteiger partial charge in [-0.1, -0.05) is 17.7 Å². The summed E-state index contributed by atoms with van der Waals surface area (Å²) in [7, 11) is 0. The van der Waals surface area contributed by atoms with Crippen LogP contribution >= 0.6 is 67.3 Å². The molecule has 1 aromatic rings. The minimum Gasteiger partial charge on any atom is -0.284 e. The van der Waals surface area contributed by atoms with Crippen LogP contribution in [0.5, 0.6) is 0 Å². The third-order valence-corrected chi connectivity index (χ3v) is 3.40. The topological polar surface area (TPSA) is 34.1 Å². The molecular formula is C7H7Cl5O2P2. The maximum absolute atomic E-state index is 11.1. The summed E-state index contributed by atoms with van der Waals surface area (Å²) in [6.07, 6.45) is 0. The van der Waals surface area contributed by atoms with Gasteiger partial charge in [-0.3, -0.25) is 9.13 Å². The van der Waals surface area contributed by atoms with Crippen molar-refractivity contribution in [2.24, 2.45) is 0 Å². The van der Waals surface area contributed by atoms with E-state index >= 15 is 0 Å². The van der Waals surface area contributed by atoms with E-state index in [1.807, 2.05) is 19.1 Å². The Hall–Kier alpha value is 1.13. The van der Waals surface area contributed by atoms with Gasteiger partial charge in [-0.25, -0.2) is 0 Å². The summed E-state index contributed by atoms with van der Waals surface area (Å²) in [5, 5.41) is -2.73. The summed E-state index contributed by atoms with van der Waals surface area (Å²) in [5.74, 6) is -3.09. The van der Waals surface area contributed by atoms with Crippen LogP contribution in [0.4, 0.5) is 0 Å². The van der Waals surface area contributed by atoms with Crippen LogP contribution in [0.25, 0.3) is 0 Å². The third kappa shape index (κ3) is 10.3. The summed E-state index contributed by atoms with van der Waals surface area (Å²) in [6.45, 7) is 1.94. The molecule has 0 heterocycles. The Morgan fingerprint density at radius 3 is 1.44 bits per heavy atom. The summed E-state index contributed by atoms with van der Waals surface area (Å²) < 4.78 is 20.6. The van der Waals surface area contributed by atoms with Crippen molar-refractivity contribution in [2.45, 2.75) is 6.92 Å². The Morgan fingerprint density at radius 2 is 1.19 bits per heavy atom. The second-order valence-electron chi connectivity index (χ2n) is 2.70. The molecule has 9 heteroatoms. The van der Waals surface area contributed by atoms with E-state index in [9.17, 15) is 9.13 Å². The monoisotopic (exact) mass is 360 g/mol. The lowest BCUT2D eigenvalue weighted by molar-refractivity contribution is 0.597. The van der Waals surface area contributed by atoms with Crippen molar-refractivity contribution in [3.63, 3.8) is 0 Å². The Balaban J connectivity index is 0.000000385. The first-order valence-electron chi connectivity index (χ1n) is 3.76. The van der Waals surface area contributed by atoms with Gasteiger partial charge in [-0.15, -0.1) is 0 Å². The molecule has 0 amide bonds. The van der Waals surface area contributed by atoms with E-state index in [2.05, 4.69) is 33.7 Å². The van der Waals surface area contributed by atoms with Gasteiger partial charge in [0, 0.05) is 5.30 Å². The first-order chi connectivity index (χ1) is 7.00. The molecule has 0 aliphatic heterocycles. The standard InChI is InChI=1S/C7H7Cl2OP.Cl3OP/c1-6-2-4-7(5-3-6)11(8,9)10;1-5(2,3)4/h2-5H,1H3;. The van der Waals surface area contributed by atoms with Crippen LogP contribution in [0.2, 0.25) is 0 Å². The normalized spacial score (nSPS) is 11.6. The van der Waals surface area contributed by atoms with Crippen LogP contribution in [-0.4, -0.2) is 0 Å². The molecule has 2 nitrogen and oxygen atoms in total. The van der Waals surface area contributed by atoms with E-state index in [-0.39, 0.29) is 0 Å². The van der Waals surface area contributed by atoms with Crippen molar-refractivity contribution >= 4 is 72.6 Å². The van der Waals surface area contributed by atoms with E-state index < -0.39 is 11.0 Å². The fourth-order valence-electron chi connectivity index (χ4n) is 0.718. The molecule has 0 aromatic heterocycles. The number of hydrogen-bond donors (Lipinski definition) is 0. The van der Waals surface area contributed by atoms with Gasteiger partial charge in [0.25, 0.3) is 5.85 Å². The molecule has 1 rings (SSSR count). The molecule has 0 radical (unpaired) electrons. The molecule has 0 atom stereocenters. The van der Waals surface area contributed by atoms with Crippen LogP contribution in [0.15, 0.2) is 24.3 Å². The van der Waals surface area contributed by atoms with Gasteiger partial charge in [-0.05, 0) is 75.3 Å². The van der Waals surface area contributed by atoms with Crippen molar-refractivity contribution in [3.8, 4) is 0 Å². The average Bonchev–Trinajstić information content (AvgIpc) is 1.99. The van der Waals surface area contributed by atoms with Crippen LogP contribution in [0.1, 0.15) is 5.56 Å². The molecule has 16 heavy (non-hydrogen) atoms. The van der Waals surface area contributed by atoms with E-state index in [0.29, 0.717) is 5.30 Å². The number of hydrogen-bond acceptors (Lipinski definition) is 2. The molecule has 0 saturated heterocycles. The minimum absolute atomic E-state index is 0.492. The van der Waals surface area contributed by atoms with Crippen LogP contribution in [0, 0.1) is 6.92 Å². The lowest BCUT2D eigenvalue weighted by Gasteiger charge is -2.00. The lowest BCUT2D eigenvalue weighted by Crippen LogP contribution is -1.95. The molecule has 0 N–H and O–H groups in total. The van der Waals surface area contributed by atoms with E-state index in [1.54, 1.807) is 12.1 Å². The third-order valence-electron chi connectivity index (χ3n) is 1.33. The van der Waals surface area contributed by atoms with Crippen molar-refractivity contribution in [2.75, 3.05) is 0 Å². The molecule has 0 aliphatic rings. The molecule has 1 aromatic carbocycles. The predicted octanol–water partition coefficient (Wildman–Crippen LogP) is 6.10. The number of benzene rings is 1. The van der Waals surface area contributed by atoms with Crippen LogP contribution in [0.3, 0.4) is 0 Å². The number of rotatable bonds is 1. The zero-order valence-corrected chi connectivity index (χ0v) is 13.5. The van der Waals surface area contributed by atoms with Crippen LogP contribution < -0.4 is 5.30 Å². The maximum atomic E-state index is 11.1. The summed E-state index contributed by atoms with van der Waals surface area (Å²) in [6, 6.07) is 7.01. The Labute approximate surface area is 118 Å². The predicted molar refractivity (Wildman–Crippen MR) is 75.3 cm³/mol. The molecule has 0 aliphatic carbocycles. The quantitative estimate of drug-likeness (QED) is 0.566. The second kappa shape index (κ2) is 6.90. The van der Waals surface area contributed by atoms with E-state index in [1.165, 1.54) is 0 Å². The van der Waals surface area contributed by atoms with Crippen molar-refractivity contribution in [1.82, 2.24) is 0 Å². The van der Waals surface area contributed by atoms with E-state index in [4.69, 9.17) is 22.5 Å². The fraction of sp³-hybridized carbons (Fsp3) is 0.143. The van der Waals surface area contributed by atoms with Crippen molar-refractivity contribution in [3.05, 3.63) is 29.8 Å². The SMILES string of the molecule is Cc1ccc(P(=O)(Cl)Cl)cc1.O=P(Cl)(Cl)Cl. The molecule has 0 unspecified atom stereocenters. The zero-order valence-electron chi connectivity index (χ0n) is 7.91. The molecule has 0 bridgehead atoms. The minimum atomic E-state index is -3.22. The summed E-state index contributed by atoms with van der Waals surface area (Å²) in [5.41, 5.74) is 1.09. The summed E-state index contributed by atoms with van der Waals surface area (Å²) >= 11 is 24.7. The number of halogens is 5. The smallest absolute Gasteiger partial charge is 0.284 e. The summed E-state index contributed by atoms with van der Waals surface area (Å²) in [4.78, 5) is 0. The Kier molecular flexibility index (Phi) is 7.39. The first-order valence-corrected chi connectivity index (χ1v) is 11.7. The van der Waals surface area contributed by atoms with Gasteiger partial charge >= 0.3 is 5.20 Å². The second-order valence-corrected chi connectivity index (χ2v) is 14.2. The Morgan fingerprint density at radius 1 is 0.875 bits per heavy atom. The highest BCUT2D eigenvalue weighted by Gasteiger charge is 2.15. The van der Waals surface area contributed by atoms with Crippen molar-refractivity contribution in [1.29, 1.82) is 0 Å². The van der Waals surface area contributed by atoms with Gasteiger partial charge in [0.1, 0.15) is 0 Å². The molecule has 0 saturated carbocycles. The van der Waals surface area contributed by atoms with Gasteiger partial charge in [0.2, 0.25) is 0 Å². The fourth-order valence-corrected chi connectivity index (χ4v) is 1.89. The van der Waals surface area contributed by atoms with Crippen LogP contribution in [-0.2, 0) is 9.13 Å². The zero-order chi connectivity index (χ0) is 13.0. The average molecular weight is 362 g/mol. The highest BCUT2D eigenvalue weighted by molar-refractivity contribution is 8.24. The molecule has 0 fully saturated rings. The van der Waals surface area contributed by atoms with Gasteiger partial charge < -0.3 is 0 Å². The van der Waals surface area contributed by atoms with E-state index in [0.717, 1.165) is 5.56 Å². The van der Waals surface area contributed by atoms with Crippen molar-refractivity contribution < 1.29 is 9.13 Å². The Bertz CT molecular complexity index is 413. The van der Waals surface area contributed by atoms with Gasteiger partial charge in [0.05, 0.1) is 0 Å².